The number of carbonyl (C=O) groups is 1. The summed E-state index contributed by atoms with van der Waals surface area (Å²) >= 11 is 1.78. The maximum absolute atomic E-state index is 11.7. The maximum Gasteiger partial charge on any atom is 0.319 e. The molecule has 0 N–H and O–H groups in total. The predicted molar refractivity (Wildman–Crippen MR) is 66.8 cm³/mol. The molecular formula is C12H22O3S. The fourth-order valence-electron chi connectivity index (χ4n) is 1.78. The van der Waals surface area contributed by atoms with E-state index < -0.39 is 0 Å². The maximum atomic E-state index is 11.7. The Bertz CT molecular complexity index is 202. The third-order valence-corrected chi connectivity index (χ3v) is 4.24. The molecule has 1 unspecified atom stereocenters. The van der Waals surface area contributed by atoms with Gasteiger partial charge in [0.1, 0.15) is 5.25 Å². The summed E-state index contributed by atoms with van der Waals surface area (Å²) in [5.41, 5.74) is 0. The molecule has 1 saturated heterocycles. The number of rotatable bonds is 6. The van der Waals surface area contributed by atoms with Crippen molar-refractivity contribution in [3.8, 4) is 0 Å². The van der Waals surface area contributed by atoms with Crippen LogP contribution >= 0.6 is 11.8 Å². The fourth-order valence-corrected chi connectivity index (χ4v) is 3.26. The zero-order valence-corrected chi connectivity index (χ0v) is 11.1. The van der Waals surface area contributed by atoms with Crippen LogP contribution < -0.4 is 0 Å². The second-order valence-corrected chi connectivity index (χ2v) is 5.49. The van der Waals surface area contributed by atoms with Gasteiger partial charge in [0.15, 0.2) is 0 Å². The Labute approximate surface area is 102 Å². The van der Waals surface area contributed by atoms with Crippen LogP contribution in [0.3, 0.4) is 0 Å². The van der Waals surface area contributed by atoms with E-state index in [2.05, 4.69) is 6.92 Å². The van der Waals surface area contributed by atoms with E-state index in [4.69, 9.17) is 9.47 Å². The molecule has 0 aromatic heterocycles. The van der Waals surface area contributed by atoms with Crippen LogP contribution in [0.5, 0.6) is 0 Å². The molecule has 0 saturated carbocycles. The Hall–Kier alpha value is -0.220. The van der Waals surface area contributed by atoms with Gasteiger partial charge in [-0.15, -0.1) is 11.8 Å². The van der Waals surface area contributed by atoms with Crippen molar-refractivity contribution >= 4 is 17.7 Å². The Morgan fingerprint density at radius 1 is 1.44 bits per heavy atom. The smallest absolute Gasteiger partial charge is 0.319 e. The number of thioether (sulfide) groups is 1. The van der Waals surface area contributed by atoms with E-state index in [0.717, 1.165) is 38.9 Å². The summed E-state index contributed by atoms with van der Waals surface area (Å²) < 4.78 is 10.4. The first kappa shape index (κ1) is 13.8. The molecule has 0 radical (unpaired) electrons. The second-order valence-electron chi connectivity index (χ2n) is 3.98. The van der Waals surface area contributed by atoms with Gasteiger partial charge in [0, 0.05) is 18.5 Å². The average Bonchev–Trinajstić information content (AvgIpc) is 2.30. The van der Waals surface area contributed by atoms with Crippen LogP contribution in [-0.4, -0.2) is 36.3 Å². The van der Waals surface area contributed by atoms with E-state index in [-0.39, 0.29) is 11.2 Å². The lowest BCUT2D eigenvalue weighted by Crippen LogP contribution is -2.26. The van der Waals surface area contributed by atoms with Crippen LogP contribution in [-0.2, 0) is 14.3 Å². The molecule has 16 heavy (non-hydrogen) atoms. The van der Waals surface area contributed by atoms with Gasteiger partial charge in [0.05, 0.1) is 6.61 Å². The molecule has 0 aromatic rings. The Balaban J connectivity index is 2.39. The first-order valence-corrected chi connectivity index (χ1v) is 7.12. The highest BCUT2D eigenvalue weighted by atomic mass is 32.2. The van der Waals surface area contributed by atoms with Gasteiger partial charge in [0.25, 0.3) is 0 Å². The third-order valence-electron chi connectivity index (χ3n) is 2.63. The predicted octanol–water partition coefficient (Wildman–Crippen LogP) is 2.63. The molecule has 1 fully saturated rings. The zero-order chi connectivity index (χ0) is 11.8. The highest BCUT2D eigenvalue weighted by molar-refractivity contribution is 8.01. The topological polar surface area (TPSA) is 35.5 Å². The van der Waals surface area contributed by atoms with Crippen LogP contribution in [0.2, 0.25) is 0 Å². The second kappa shape index (κ2) is 7.96. The third kappa shape index (κ3) is 4.74. The standard InChI is InChI=1S/C12H22O3S/c1-3-5-11(12(13)15-4-2)16-10-6-8-14-9-7-10/h10-11H,3-9H2,1-2H3. The Morgan fingerprint density at radius 3 is 2.69 bits per heavy atom. The van der Waals surface area contributed by atoms with Gasteiger partial charge in [-0.2, -0.15) is 0 Å². The monoisotopic (exact) mass is 246 g/mol. The molecule has 1 aliphatic heterocycles. The molecule has 1 heterocycles. The van der Waals surface area contributed by atoms with E-state index >= 15 is 0 Å². The lowest BCUT2D eigenvalue weighted by molar-refractivity contribution is -0.142. The molecule has 0 spiro atoms. The summed E-state index contributed by atoms with van der Waals surface area (Å²) in [5, 5.41) is 0.586. The molecule has 1 aliphatic rings. The van der Waals surface area contributed by atoms with Crippen molar-refractivity contribution in [2.24, 2.45) is 0 Å². The van der Waals surface area contributed by atoms with Gasteiger partial charge in [-0.25, -0.2) is 0 Å². The van der Waals surface area contributed by atoms with Crippen molar-refractivity contribution in [2.45, 2.75) is 50.0 Å². The van der Waals surface area contributed by atoms with Gasteiger partial charge in [-0.3, -0.25) is 4.79 Å². The number of carbonyl (C=O) groups excluding carboxylic acids is 1. The van der Waals surface area contributed by atoms with Gasteiger partial charge in [0.2, 0.25) is 0 Å². The van der Waals surface area contributed by atoms with Gasteiger partial charge < -0.3 is 9.47 Å². The lowest BCUT2D eigenvalue weighted by atomic mass is 10.2. The minimum absolute atomic E-state index is 0.0213. The largest absolute Gasteiger partial charge is 0.465 e. The minimum Gasteiger partial charge on any atom is -0.465 e. The fraction of sp³-hybridized carbons (Fsp3) is 0.917. The van der Waals surface area contributed by atoms with E-state index in [1.54, 1.807) is 11.8 Å². The summed E-state index contributed by atoms with van der Waals surface area (Å²) in [7, 11) is 0. The van der Waals surface area contributed by atoms with E-state index in [1.807, 2.05) is 6.92 Å². The quantitative estimate of drug-likeness (QED) is 0.675. The summed E-state index contributed by atoms with van der Waals surface area (Å²) in [6.07, 6.45) is 4.06. The normalized spacial score (nSPS) is 19.4. The van der Waals surface area contributed by atoms with Crippen molar-refractivity contribution < 1.29 is 14.3 Å². The van der Waals surface area contributed by atoms with Crippen molar-refractivity contribution in [2.75, 3.05) is 19.8 Å². The van der Waals surface area contributed by atoms with Crippen molar-refractivity contribution in [3.63, 3.8) is 0 Å². The summed E-state index contributed by atoms with van der Waals surface area (Å²) in [6, 6.07) is 0. The molecule has 4 heteroatoms. The van der Waals surface area contributed by atoms with Crippen LogP contribution in [0.1, 0.15) is 39.5 Å². The molecular weight excluding hydrogens is 224 g/mol. The van der Waals surface area contributed by atoms with Gasteiger partial charge in [-0.1, -0.05) is 13.3 Å². The lowest BCUT2D eigenvalue weighted by Gasteiger charge is -2.25. The van der Waals surface area contributed by atoms with Crippen LogP contribution in [0.15, 0.2) is 0 Å². The SMILES string of the molecule is CCCC(SC1CCOCC1)C(=O)OCC. The van der Waals surface area contributed by atoms with E-state index in [1.165, 1.54) is 0 Å². The highest BCUT2D eigenvalue weighted by Gasteiger charge is 2.25. The number of hydrogen-bond donors (Lipinski definition) is 0. The first-order valence-electron chi connectivity index (χ1n) is 6.17. The van der Waals surface area contributed by atoms with Crippen molar-refractivity contribution in [1.29, 1.82) is 0 Å². The molecule has 1 atom stereocenters. The van der Waals surface area contributed by atoms with Crippen molar-refractivity contribution in [1.82, 2.24) is 0 Å². The number of hydrogen-bond acceptors (Lipinski definition) is 4. The first-order chi connectivity index (χ1) is 7.77. The van der Waals surface area contributed by atoms with Gasteiger partial charge in [-0.05, 0) is 26.2 Å². The zero-order valence-electron chi connectivity index (χ0n) is 10.2. The highest BCUT2D eigenvalue weighted by Crippen LogP contribution is 2.29. The minimum atomic E-state index is -0.0409. The number of esters is 1. The molecule has 94 valence electrons. The molecule has 3 nitrogen and oxygen atoms in total. The molecule has 0 amide bonds. The molecule has 0 bridgehead atoms. The molecule has 1 rings (SSSR count). The molecule has 0 aliphatic carbocycles. The average molecular weight is 246 g/mol. The summed E-state index contributed by atoms with van der Waals surface area (Å²) in [4.78, 5) is 11.7. The summed E-state index contributed by atoms with van der Waals surface area (Å²) in [5.74, 6) is -0.0409. The van der Waals surface area contributed by atoms with Crippen LogP contribution in [0.4, 0.5) is 0 Å². The van der Waals surface area contributed by atoms with Crippen molar-refractivity contribution in [3.05, 3.63) is 0 Å². The van der Waals surface area contributed by atoms with E-state index in [0.29, 0.717) is 11.9 Å². The Morgan fingerprint density at radius 2 is 2.12 bits per heavy atom. The van der Waals surface area contributed by atoms with Crippen LogP contribution in [0, 0.1) is 0 Å². The summed E-state index contributed by atoms with van der Waals surface area (Å²) in [6.45, 7) is 6.11. The molecule has 0 aromatic carbocycles. The van der Waals surface area contributed by atoms with Crippen LogP contribution in [0.25, 0.3) is 0 Å². The number of ether oxygens (including phenoxy) is 2. The van der Waals surface area contributed by atoms with Gasteiger partial charge >= 0.3 is 5.97 Å². The Kier molecular flexibility index (Phi) is 6.88. The van der Waals surface area contributed by atoms with E-state index in [9.17, 15) is 4.79 Å².